The maximum Gasteiger partial charge on any atom is 0.170 e. The molecule has 0 radical (unpaired) electrons. The number of nitrogens with one attached hydrogen (secondary N) is 1. The van der Waals surface area contributed by atoms with Gasteiger partial charge in [0.2, 0.25) is 0 Å². The van der Waals surface area contributed by atoms with E-state index in [0.29, 0.717) is 0 Å². The molecular weight excluding hydrogens is 296 g/mol. The van der Waals surface area contributed by atoms with Crippen LogP contribution in [-0.4, -0.2) is 27.3 Å². The Bertz CT molecular complexity index is 711. The van der Waals surface area contributed by atoms with Gasteiger partial charge in [0.25, 0.3) is 0 Å². The Kier molecular flexibility index (Phi) is 6.10. The van der Waals surface area contributed by atoms with E-state index >= 15 is 0 Å². The van der Waals surface area contributed by atoms with Gasteiger partial charge < -0.3 is 0 Å². The minimum atomic E-state index is 0.223. The van der Waals surface area contributed by atoms with E-state index in [1.54, 1.807) is 6.20 Å². The zero-order chi connectivity index (χ0) is 17.7. The summed E-state index contributed by atoms with van der Waals surface area (Å²) in [7, 11) is 0. The summed E-state index contributed by atoms with van der Waals surface area (Å²) in [6, 6.07) is 8.62. The summed E-state index contributed by atoms with van der Waals surface area (Å²) in [6.07, 6.45) is 6.30. The van der Waals surface area contributed by atoms with Crippen molar-refractivity contribution < 1.29 is 0 Å². The van der Waals surface area contributed by atoms with Gasteiger partial charge in [-0.1, -0.05) is 47.6 Å². The highest BCUT2D eigenvalue weighted by atomic mass is 15.5. The van der Waals surface area contributed by atoms with Gasteiger partial charge >= 0.3 is 0 Å². The molecule has 1 N–H and O–H groups in total. The third-order valence-corrected chi connectivity index (χ3v) is 3.83. The van der Waals surface area contributed by atoms with E-state index in [9.17, 15) is 0 Å². The first-order valence-electron chi connectivity index (χ1n) is 8.44. The number of hydrogen-bond acceptors (Lipinski definition) is 4. The number of fused-ring (bicyclic) bond motifs is 1. The van der Waals surface area contributed by atoms with Crippen LogP contribution in [0.5, 0.6) is 0 Å². The van der Waals surface area contributed by atoms with Crippen LogP contribution in [0, 0.1) is 0 Å². The van der Waals surface area contributed by atoms with E-state index in [0.717, 1.165) is 16.6 Å². The van der Waals surface area contributed by atoms with Crippen molar-refractivity contribution in [2.75, 3.05) is 5.43 Å². The molecule has 2 atom stereocenters. The molecule has 128 valence electrons. The van der Waals surface area contributed by atoms with Crippen LogP contribution < -0.4 is 5.43 Å². The quantitative estimate of drug-likeness (QED) is 0.602. The third-order valence-electron chi connectivity index (χ3n) is 3.83. The van der Waals surface area contributed by atoms with E-state index in [1.807, 2.05) is 12.1 Å². The number of anilines is 1. The summed E-state index contributed by atoms with van der Waals surface area (Å²) < 4.78 is 0. The fourth-order valence-corrected chi connectivity index (χ4v) is 2.93. The molecular formula is C20H28N4. The van der Waals surface area contributed by atoms with Crippen LogP contribution in [0.2, 0.25) is 0 Å². The Morgan fingerprint density at radius 1 is 1.00 bits per heavy atom. The molecule has 1 heterocycles. The van der Waals surface area contributed by atoms with Gasteiger partial charge in [-0.2, -0.15) is 5.10 Å². The summed E-state index contributed by atoms with van der Waals surface area (Å²) in [6.45, 7) is 12.9. The first-order valence-corrected chi connectivity index (χ1v) is 8.44. The number of allylic oxidation sites excluding steroid dienone is 2. The molecule has 4 nitrogen and oxygen atoms in total. The Morgan fingerprint density at radius 3 is 2.17 bits per heavy atom. The molecule has 0 aliphatic carbocycles. The lowest BCUT2D eigenvalue weighted by molar-refractivity contribution is 0.255. The van der Waals surface area contributed by atoms with Gasteiger partial charge in [-0.25, -0.2) is 5.01 Å². The van der Waals surface area contributed by atoms with Crippen LogP contribution in [0.4, 0.5) is 5.82 Å². The van der Waals surface area contributed by atoms with Crippen LogP contribution in [0.1, 0.15) is 41.5 Å². The fraction of sp³-hybridized carbons (Fsp3) is 0.400. The molecule has 0 aliphatic rings. The largest absolute Gasteiger partial charge is 0.300 e. The highest BCUT2D eigenvalue weighted by molar-refractivity contribution is 5.90. The average Bonchev–Trinajstić information content (AvgIpc) is 2.51. The van der Waals surface area contributed by atoms with Gasteiger partial charge in [-0.3, -0.25) is 5.43 Å². The second kappa shape index (κ2) is 8.06. The van der Waals surface area contributed by atoms with Crippen LogP contribution in [-0.2, 0) is 0 Å². The first kappa shape index (κ1) is 18.1. The summed E-state index contributed by atoms with van der Waals surface area (Å²) in [5.41, 5.74) is 6.09. The molecule has 0 fully saturated rings. The highest BCUT2D eigenvalue weighted by Crippen LogP contribution is 2.22. The third kappa shape index (κ3) is 4.65. The van der Waals surface area contributed by atoms with Crippen LogP contribution in [0.3, 0.4) is 0 Å². The Labute approximate surface area is 145 Å². The predicted octanol–water partition coefficient (Wildman–Crippen LogP) is 4.97. The number of aromatic nitrogens is 2. The molecule has 2 aromatic rings. The minimum Gasteiger partial charge on any atom is -0.300 e. The van der Waals surface area contributed by atoms with Crippen LogP contribution >= 0.6 is 0 Å². The minimum absolute atomic E-state index is 0.223. The van der Waals surface area contributed by atoms with Gasteiger partial charge in [-0.05, 0) is 41.5 Å². The van der Waals surface area contributed by atoms with Crippen molar-refractivity contribution in [2.24, 2.45) is 0 Å². The zero-order valence-corrected chi connectivity index (χ0v) is 15.5. The van der Waals surface area contributed by atoms with E-state index in [2.05, 4.69) is 86.5 Å². The van der Waals surface area contributed by atoms with Crippen LogP contribution in [0.25, 0.3) is 10.8 Å². The molecule has 0 saturated carbocycles. The van der Waals surface area contributed by atoms with Crippen molar-refractivity contribution in [2.45, 2.75) is 53.6 Å². The smallest absolute Gasteiger partial charge is 0.170 e. The monoisotopic (exact) mass is 324 g/mol. The summed E-state index contributed by atoms with van der Waals surface area (Å²) >= 11 is 0. The summed E-state index contributed by atoms with van der Waals surface area (Å²) in [4.78, 5) is 0. The lowest BCUT2D eigenvalue weighted by atomic mass is 10.1. The maximum absolute atomic E-state index is 4.33. The lowest BCUT2D eigenvalue weighted by Crippen LogP contribution is -2.43. The maximum atomic E-state index is 4.33. The van der Waals surface area contributed by atoms with Crippen molar-refractivity contribution in [3.05, 3.63) is 53.8 Å². The molecule has 4 heteroatoms. The van der Waals surface area contributed by atoms with Crippen molar-refractivity contribution >= 4 is 16.6 Å². The second-order valence-electron chi connectivity index (χ2n) is 6.77. The molecule has 2 rings (SSSR count). The molecule has 0 aliphatic heterocycles. The number of rotatable bonds is 6. The number of nitrogens with zero attached hydrogens (tertiary/aromatic N) is 3. The normalized spacial score (nSPS) is 13.5. The van der Waals surface area contributed by atoms with Gasteiger partial charge in [0.15, 0.2) is 5.82 Å². The molecule has 0 spiro atoms. The van der Waals surface area contributed by atoms with Gasteiger partial charge in [0.05, 0.1) is 6.20 Å². The van der Waals surface area contributed by atoms with E-state index in [4.69, 9.17) is 0 Å². The van der Waals surface area contributed by atoms with Crippen molar-refractivity contribution in [3.63, 3.8) is 0 Å². The van der Waals surface area contributed by atoms with Gasteiger partial charge in [-0.15, -0.1) is 5.10 Å². The van der Waals surface area contributed by atoms with Gasteiger partial charge in [0, 0.05) is 22.9 Å². The van der Waals surface area contributed by atoms with E-state index in [-0.39, 0.29) is 12.1 Å². The predicted molar refractivity (Wildman–Crippen MR) is 103 cm³/mol. The Morgan fingerprint density at radius 2 is 1.58 bits per heavy atom. The standard InChI is InChI=1S/C20H28N4/c1-14(2)11-16(5)24(17(6)12-15(3)4)23-20-19-10-8-7-9-18(19)13-21-22-20/h7-13,16-17H,1-6H3,(H,22,23). The molecule has 0 bridgehead atoms. The lowest BCUT2D eigenvalue weighted by Gasteiger charge is -2.33. The molecule has 24 heavy (non-hydrogen) atoms. The summed E-state index contributed by atoms with van der Waals surface area (Å²) in [5.74, 6) is 0.788. The van der Waals surface area contributed by atoms with Crippen LogP contribution in [0.15, 0.2) is 53.8 Å². The molecule has 0 amide bonds. The molecule has 0 saturated heterocycles. The number of hydrogen-bond donors (Lipinski definition) is 1. The van der Waals surface area contributed by atoms with Crippen molar-refractivity contribution in [1.29, 1.82) is 0 Å². The summed E-state index contributed by atoms with van der Waals surface area (Å²) in [5, 5.41) is 12.8. The zero-order valence-electron chi connectivity index (χ0n) is 15.5. The number of benzene rings is 1. The number of hydrazine groups is 1. The highest BCUT2D eigenvalue weighted by Gasteiger charge is 2.19. The second-order valence-corrected chi connectivity index (χ2v) is 6.77. The molecule has 2 unspecified atom stereocenters. The average molecular weight is 324 g/mol. The van der Waals surface area contributed by atoms with E-state index < -0.39 is 0 Å². The topological polar surface area (TPSA) is 41.0 Å². The molecule has 1 aromatic carbocycles. The Hall–Kier alpha value is -2.20. The first-order chi connectivity index (χ1) is 11.4. The Balaban J connectivity index is 2.40. The van der Waals surface area contributed by atoms with Crippen molar-refractivity contribution in [3.8, 4) is 0 Å². The van der Waals surface area contributed by atoms with Crippen molar-refractivity contribution in [1.82, 2.24) is 15.2 Å². The fourth-order valence-electron chi connectivity index (χ4n) is 2.93. The van der Waals surface area contributed by atoms with Gasteiger partial charge in [0.1, 0.15) is 0 Å². The van der Waals surface area contributed by atoms with E-state index in [1.165, 1.54) is 11.1 Å². The SMILES string of the molecule is CC(C)=CC(C)N(Nc1nncc2ccccc12)C(C)C=C(C)C. The molecule has 1 aromatic heterocycles.